The summed E-state index contributed by atoms with van der Waals surface area (Å²) in [5.74, 6) is -0.507. The highest BCUT2D eigenvalue weighted by Crippen LogP contribution is 2.26. The summed E-state index contributed by atoms with van der Waals surface area (Å²) in [7, 11) is 1.69. The van der Waals surface area contributed by atoms with Crippen LogP contribution < -0.4 is 4.74 Å². The lowest BCUT2D eigenvalue weighted by Gasteiger charge is -2.03. The molecule has 0 aliphatic carbocycles. The Kier molecular flexibility index (Phi) is 2.73. The van der Waals surface area contributed by atoms with Crippen LogP contribution in [0.4, 0.5) is 10.1 Å². The molecule has 0 amide bonds. The van der Waals surface area contributed by atoms with Gasteiger partial charge in [0.1, 0.15) is 0 Å². The quantitative estimate of drug-likeness (QED) is 0.606. The van der Waals surface area contributed by atoms with Crippen molar-refractivity contribution in [3.8, 4) is 11.5 Å². The van der Waals surface area contributed by atoms with Gasteiger partial charge in [0.05, 0.1) is 23.4 Å². The fourth-order valence-corrected chi connectivity index (χ4v) is 1.26. The summed E-state index contributed by atoms with van der Waals surface area (Å²) < 4.78 is 20.1. The predicted octanol–water partition coefficient (Wildman–Crippen LogP) is 2.26. The summed E-state index contributed by atoms with van der Waals surface area (Å²) >= 11 is 0. The Bertz CT molecular complexity index is 568. The summed E-state index contributed by atoms with van der Waals surface area (Å²) in [6.45, 7) is 0. The van der Waals surface area contributed by atoms with E-state index in [9.17, 15) is 14.5 Å². The van der Waals surface area contributed by atoms with Crippen molar-refractivity contribution in [1.29, 1.82) is 0 Å². The van der Waals surface area contributed by atoms with Crippen molar-refractivity contribution >= 4 is 5.69 Å². The maximum Gasteiger partial charge on any atom is 0.272 e. The molecule has 0 unspecified atom stereocenters. The van der Waals surface area contributed by atoms with Crippen LogP contribution in [0.5, 0.6) is 11.5 Å². The molecule has 1 aromatic carbocycles. The normalized spacial score (nSPS) is 10.2. The van der Waals surface area contributed by atoms with Crippen molar-refractivity contribution in [2.24, 2.45) is 7.05 Å². The molecule has 0 N–H and O–H groups in total. The predicted molar refractivity (Wildman–Crippen MR) is 56.3 cm³/mol. The first-order chi connectivity index (χ1) is 8.06. The summed E-state index contributed by atoms with van der Waals surface area (Å²) in [5, 5.41) is 14.3. The number of nitro groups is 1. The first-order valence-electron chi connectivity index (χ1n) is 4.66. The minimum Gasteiger partial charge on any atom is -0.451 e. The molecule has 7 heteroatoms. The maximum absolute atomic E-state index is 13.4. The molecule has 1 aromatic heterocycles. The van der Waals surface area contributed by atoms with E-state index in [0.717, 1.165) is 6.07 Å². The molecule has 17 heavy (non-hydrogen) atoms. The molecular weight excluding hydrogens is 229 g/mol. The number of aromatic nitrogens is 2. The first kappa shape index (κ1) is 11.1. The lowest BCUT2D eigenvalue weighted by atomic mass is 10.3. The zero-order valence-electron chi connectivity index (χ0n) is 8.83. The lowest BCUT2D eigenvalue weighted by Crippen LogP contribution is -1.92. The van der Waals surface area contributed by atoms with E-state index in [0.29, 0.717) is 5.75 Å². The highest BCUT2D eigenvalue weighted by atomic mass is 19.1. The van der Waals surface area contributed by atoms with Crippen LogP contribution in [0.15, 0.2) is 30.6 Å². The number of nitrogens with zero attached hydrogens (tertiary/aromatic N) is 3. The zero-order valence-corrected chi connectivity index (χ0v) is 8.83. The average molecular weight is 237 g/mol. The second-order valence-electron chi connectivity index (χ2n) is 3.32. The summed E-state index contributed by atoms with van der Waals surface area (Å²) in [4.78, 5) is 9.74. The molecule has 6 nitrogen and oxygen atoms in total. The number of nitro benzene ring substituents is 1. The van der Waals surface area contributed by atoms with Crippen molar-refractivity contribution in [2.45, 2.75) is 0 Å². The molecule has 1 heterocycles. The zero-order chi connectivity index (χ0) is 12.4. The smallest absolute Gasteiger partial charge is 0.272 e. The number of ether oxygens (including phenoxy) is 1. The van der Waals surface area contributed by atoms with E-state index in [4.69, 9.17) is 4.74 Å². The molecule has 0 atom stereocenters. The van der Waals surface area contributed by atoms with Crippen molar-refractivity contribution < 1.29 is 14.1 Å². The fraction of sp³-hybridized carbons (Fsp3) is 0.100. The number of hydrogen-bond acceptors (Lipinski definition) is 4. The van der Waals surface area contributed by atoms with Gasteiger partial charge in [-0.15, -0.1) is 0 Å². The molecule has 0 fully saturated rings. The van der Waals surface area contributed by atoms with Gasteiger partial charge in [-0.25, -0.2) is 4.39 Å². The van der Waals surface area contributed by atoms with Gasteiger partial charge < -0.3 is 4.74 Å². The average Bonchev–Trinajstić information content (AvgIpc) is 2.67. The number of benzene rings is 1. The summed E-state index contributed by atoms with van der Waals surface area (Å²) in [6, 6.07) is 3.20. The van der Waals surface area contributed by atoms with Crippen LogP contribution in [0.2, 0.25) is 0 Å². The van der Waals surface area contributed by atoms with Crippen molar-refractivity contribution in [2.75, 3.05) is 0 Å². The molecule has 2 aromatic rings. The van der Waals surface area contributed by atoms with Crippen molar-refractivity contribution in [1.82, 2.24) is 9.78 Å². The Morgan fingerprint density at radius 2 is 2.29 bits per heavy atom. The van der Waals surface area contributed by atoms with E-state index < -0.39 is 10.7 Å². The van der Waals surface area contributed by atoms with Crippen molar-refractivity contribution in [3.05, 3.63) is 46.5 Å². The molecule has 0 bridgehead atoms. The molecular formula is C10H8FN3O3. The maximum atomic E-state index is 13.4. The van der Waals surface area contributed by atoms with Gasteiger partial charge >= 0.3 is 0 Å². The topological polar surface area (TPSA) is 70.2 Å². The molecule has 0 radical (unpaired) electrons. The molecule has 0 spiro atoms. The highest BCUT2D eigenvalue weighted by Gasteiger charge is 2.12. The molecule has 2 rings (SSSR count). The second kappa shape index (κ2) is 4.20. The third-order valence-corrected chi connectivity index (χ3v) is 2.04. The van der Waals surface area contributed by atoms with E-state index in [2.05, 4.69) is 5.10 Å². The van der Waals surface area contributed by atoms with E-state index >= 15 is 0 Å². The number of hydrogen-bond donors (Lipinski definition) is 0. The van der Waals surface area contributed by atoms with E-state index in [1.165, 1.54) is 23.0 Å². The van der Waals surface area contributed by atoms with Crippen molar-refractivity contribution in [3.63, 3.8) is 0 Å². The first-order valence-corrected chi connectivity index (χ1v) is 4.66. The molecule has 0 aliphatic rings. The van der Waals surface area contributed by atoms with Crippen LogP contribution in [0, 0.1) is 15.9 Å². The highest BCUT2D eigenvalue weighted by molar-refractivity contribution is 5.39. The van der Waals surface area contributed by atoms with Crippen LogP contribution >= 0.6 is 0 Å². The molecule has 88 valence electrons. The number of aryl methyl sites for hydroxylation is 1. The van der Waals surface area contributed by atoms with E-state index in [1.54, 1.807) is 13.2 Å². The van der Waals surface area contributed by atoms with Gasteiger partial charge in [-0.05, 0) is 6.07 Å². The SMILES string of the molecule is Cn1cc(Oc2ccc([N+](=O)[O-])cc2F)cn1. The van der Waals surface area contributed by atoms with Gasteiger partial charge in [-0.3, -0.25) is 14.8 Å². The Balaban J connectivity index is 2.25. The number of rotatable bonds is 3. The molecule has 0 aliphatic heterocycles. The standard InChI is InChI=1S/C10H8FN3O3/c1-13-6-8(5-12-13)17-10-3-2-7(14(15)16)4-9(10)11/h2-6H,1H3. The number of halogens is 1. The van der Waals surface area contributed by atoms with Gasteiger partial charge in [0.2, 0.25) is 0 Å². The van der Waals surface area contributed by atoms with Gasteiger partial charge in [0, 0.05) is 13.1 Å². The largest absolute Gasteiger partial charge is 0.451 e. The van der Waals surface area contributed by atoms with Gasteiger partial charge in [0.15, 0.2) is 17.3 Å². The third-order valence-electron chi connectivity index (χ3n) is 2.04. The van der Waals surface area contributed by atoms with Crippen LogP contribution in [0.3, 0.4) is 0 Å². The Labute approximate surface area is 95.4 Å². The minimum atomic E-state index is -0.789. The Morgan fingerprint density at radius 1 is 1.53 bits per heavy atom. The second-order valence-corrected chi connectivity index (χ2v) is 3.32. The minimum absolute atomic E-state index is 0.0800. The van der Waals surface area contributed by atoms with Crippen LogP contribution in [-0.4, -0.2) is 14.7 Å². The van der Waals surface area contributed by atoms with Gasteiger partial charge in [-0.2, -0.15) is 5.10 Å². The molecule has 0 saturated carbocycles. The Morgan fingerprint density at radius 3 is 2.82 bits per heavy atom. The summed E-state index contributed by atoms with van der Waals surface area (Å²) in [6.07, 6.45) is 2.97. The third kappa shape index (κ3) is 2.39. The van der Waals surface area contributed by atoms with Crippen LogP contribution in [-0.2, 0) is 7.05 Å². The lowest BCUT2D eigenvalue weighted by molar-refractivity contribution is -0.385. The number of non-ortho nitro benzene ring substituents is 1. The van der Waals surface area contributed by atoms with Crippen LogP contribution in [0.1, 0.15) is 0 Å². The Hall–Kier alpha value is -2.44. The summed E-state index contributed by atoms with van der Waals surface area (Å²) in [5.41, 5.74) is -0.318. The molecule has 0 saturated heterocycles. The van der Waals surface area contributed by atoms with E-state index in [1.807, 2.05) is 0 Å². The monoisotopic (exact) mass is 237 g/mol. The van der Waals surface area contributed by atoms with Gasteiger partial charge in [0.25, 0.3) is 5.69 Å². The van der Waals surface area contributed by atoms with Crippen LogP contribution in [0.25, 0.3) is 0 Å². The fourth-order valence-electron chi connectivity index (χ4n) is 1.26. The van der Waals surface area contributed by atoms with E-state index in [-0.39, 0.29) is 11.4 Å². The van der Waals surface area contributed by atoms with Gasteiger partial charge in [-0.1, -0.05) is 0 Å².